The summed E-state index contributed by atoms with van der Waals surface area (Å²) < 4.78 is 5.62. The number of hydrogen-bond acceptors (Lipinski definition) is 7. The van der Waals surface area contributed by atoms with Crippen molar-refractivity contribution < 1.29 is 9.53 Å². The van der Waals surface area contributed by atoms with Gasteiger partial charge in [-0.1, -0.05) is 12.1 Å². The lowest BCUT2D eigenvalue weighted by Gasteiger charge is -2.09. The minimum atomic E-state index is -0.270. The molecule has 0 fully saturated rings. The number of nitrogens with one attached hydrogen (secondary N) is 2. The van der Waals surface area contributed by atoms with Crippen LogP contribution in [0.2, 0.25) is 0 Å². The van der Waals surface area contributed by atoms with E-state index in [0.717, 1.165) is 16.0 Å². The number of nitrogen functional groups attached to an aromatic ring is 1. The highest BCUT2D eigenvalue weighted by Gasteiger charge is 2.10. The van der Waals surface area contributed by atoms with Crippen LogP contribution < -0.4 is 21.3 Å². The first-order chi connectivity index (χ1) is 11.6. The number of rotatable bonds is 5. The zero-order valence-electron chi connectivity index (χ0n) is 13.3. The van der Waals surface area contributed by atoms with E-state index in [-0.39, 0.29) is 12.5 Å². The van der Waals surface area contributed by atoms with Crippen molar-refractivity contribution in [2.24, 2.45) is 5.84 Å². The second kappa shape index (κ2) is 6.81. The number of pyridine rings is 1. The minimum Gasteiger partial charge on any atom is -0.481 e. The highest BCUT2D eigenvalue weighted by Crippen LogP contribution is 2.25. The van der Waals surface area contributed by atoms with Crippen LogP contribution in [-0.4, -0.2) is 22.5 Å². The molecule has 2 heterocycles. The van der Waals surface area contributed by atoms with Gasteiger partial charge in [0.1, 0.15) is 17.1 Å². The monoisotopic (exact) mass is 343 g/mol. The van der Waals surface area contributed by atoms with E-state index in [1.807, 2.05) is 32.0 Å². The molecule has 7 nitrogen and oxygen atoms in total. The molecule has 0 atom stereocenters. The topological polar surface area (TPSA) is 102 Å². The Labute approximate surface area is 142 Å². The predicted octanol–water partition coefficient (Wildman–Crippen LogP) is 2.61. The number of anilines is 2. The maximum absolute atomic E-state index is 12.0. The number of aryl methyl sites for hydroxylation is 2. The van der Waals surface area contributed by atoms with E-state index >= 15 is 0 Å². The third kappa shape index (κ3) is 3.44. The summed E-state index contributed by atoms with van der Waals surface area (Å²) in [5, 5.41) is 4.21. The van der Waals surface area contributed by atoms with Crippen molar-refractivity contribution in [2.45, 2.75) is 13.8 Å². The van der Waals surface area contributed by atoms with Gasteiger partial charge in [-0.05, 0) is 32.0 Å². The van der Waals surface area contributed by atoms with Crippen LogP contribution in [0.5, 0.6) is 5.75 Å². The Morgan fingerprint density at radius 2 is 2.08 bits per heavy atom. The third-order valence-corrected chi connectivity index (χ3v) is 4.45. The largest absolute Gasteiger partial charge is 0.481 e. The number of fused-ring (bicyclic) bond motifs is 1. The van der Waals surface area contributed by atoms with E-state index in [2.05, 4.69) is 20.7 Å². The number of nitrogens with zero attached hydrogens (tertiary/aromatic N) is 2. The van der Waals surface area contributed by atoms with Crippen LogP contribution in [0.25, 0.3) is 10.9 Å². The quantitative estimate of drug-likeness (QED) is 0.486. The summed E-state index contributed by atoms with van der Waals surface area (Å²) in [6, 6.07) is 9.18. The summed E-state index contributed by atoms with van der Waals surface area (Å²) in [6.07, 6.45) is 0. The number of ether oxygens (including phenoxy) is 1. The fourth-order valence-corrected chi connectivity index (χ4v) is 2.97. The summed E-state index contributed by atoms with van der Waals surface area (Å²) in [6.45, 7) is 3.74. The van der Waals surface area contributed by atoms with Crippen LogP contribution in [0.15, 0.2) is 30.3 Å². The highest BCUT2D eigenvalue weighted by molar-refractivity contribution is 7.15. The van der Waals surface area contributed by atoms with Crippen molar-refractivity contribution in [3.63, 3.8) is 0 Å². The molecule has 0 saturated carbocycles. The molecular formula is C16H17N5O2S. The fraction of sp³-hybridized carbons (Fsp3) is 0.188. The molecule has 2 aromatic heterocycles. The van der Waals surface area contributed by atoms with Crippen molar-refractivity contribution in [3.8, 4) is 5.75 Å². The van der Waals surface area contributed by atoms with Crippen molar-refractivity contribution in [2.75, 3.05) is 17.3 Å². The van der Waals surface area contributed by atoms with E-state index in [0.29, 0.717) is 22.2 Å². The van der Waals surface area contributed by atoms with Crippen LogP contribution in [0.1, 0.15) is 10.6 Å². The number of hydrazine groups is 1. The fourth-order valence-electron chi connectivity index (χ4n) is 2.14. The third-order valence-electron chi connectivity index (χ3n) is 3.46. The molecular weight excluding hydrogens is 326 g/mol. The van der Waals surface area contributed by atoms with Gasteiger partial charge in [-0.3, -0.25) is 10.1 Å². The standard InChI is InChI=1S/C16H17N5O2S/c1-9-10(2)24-16(18-9)20-14(22)8-23-12-5-3-4-11-6-7-13(21-17)19-15(11)12/h3-7H,8,17H2,1-2H3,(H,19,21)(H,18,20,22). The summed E-state index contributed by atoms with van der Waals surface area (Å²) >= 11 is 1.44. The van der Waals surface area contributed by atoms with Gasteiger partial charge in [0.05, 0.1) is 5.69 Å². The van der Waals surface area contributed by atoms with Crippen molar-refractivity contribution in [3.05, 3.63) is 40.9 Å². The molecule has 8 heteroatoms. The molecule has 0 aliphatic rings. The first kappa shape index (κ1) is 16.2. The second-order valence-electron chi connectivity index (χ2n) is 5.17. The number of thiazole rings is 1. The molecule has 3 rings (SSSR count). The molecule has 124 valence electrons. The Morgan fingerprint density at radius 1 is 1.25 bits per heavy atom. The normalized spacial score (nSPS) is 10.6. The predicted molar refractivity (Wildman–Crippen MR) is 95.3 cm³/mol. The van der Waals surface area contributed by atoms with Crippen LogP contribution in [0.3, 0.4) is 0 Å². The molecule has 3 aromatic rings. The van der Waals surface area contributed by atoms with Gasteiger partial charge < -0.3 is 10.2 Å². The number of nitrogens with two attached hydrogens (primary N) is 1. The SMILES string of the molecule is Cc1nc(NC(=O)COc2cccc3ccc(NN)nc23)sc1C. The average molecular weight is 343 g/mol. The zero-order chi connectivity index (χ0) is 17.1. The smallest absolute Gasteiger partial charge is 0.264 e. The van der Waals surface area contributed by atoms with E-state index in [4.69, 9.17) is 10.6 Å². The lowest BCUT2D eigenvalue weighted by atomic mass is 10.2. The number of benzene rings is 1. The van der Waals surface area contributed by atoms with Crippen molar-refractivity contribution in [1.29, 1.82) is 0 Å². The number of para-hydroxylation sites is 1. The number of carbonyl (C=O) groups excluding carboxylic acids is 1. The lowest BCUT2D eigenvalue weighted by molar-refractivity contribution is -0.118. The Balaban J connectivity index is 1.71. The summed E-state index contributed by atoms with van der Waals surface area (Å²) in [5.74, 6) is 6.16. The first-order valence-electron chi connectivity index (χ1n) is 7.30. The zero-order valence-corrected chi connectivity index (χ0v) is 14.1. The summed E-state index contributed by atoms with van der Waals surface area (Å²) in [4.78, 5) is 21.8. The molecule has 1 amide bonds. The van der Waals surface area contributed by atoms with Gasteiger partial charge in [-0.15, -0.1) is 11.3 Å². The van der Waals surface area contributed by atoms with Crippen LogP contribution >= 0.6 is 11.3 Å². The molecule has 1 aromatic carbocycles. The Bertz CT molecular complexity index is 874. The minimum absolute atomic E-state index is 0.126. The Hall–Kier alpha value is -2.71. The van der Waals surface area contributed by atoms with E-state index in [1.165, 1.54) is 11.3 Å². The molecule has 0 aliphatic carbocycles. The highest BCUT2D eigenvalue weighted by atomic mass is 32.1. The second-order valence-corrected chi connectivity index (χ2v) is 6.37. The van der Waals surface area contributed by atoms with Gasteiger partial charge in [0, 0.05) is 10.3 Å². The maximum atomic E-state index is 12.0. The molecule has 4 N–H and O–H groups in total. The van der Waals surface area contributed by atoms with Gasteiger partial charge in [0.25, 0.3) is 5.91 Å². The number of aromatic nitrogens is 2. The maximum Gasteiger partial charge on any atom is 0.264 e. The first-order valence-corrected chi connectivity index (χ1v) is 8.11. The number of carbonyl (C=O) groups is 1. The van der Waals surface area contributed by atoms with Gasteiger partial charge >= 0.3 is 0 Å². The van der Waals surface area contributed by atoms with Crippen LogP contribution in [-0.2, 0) is 4.79 Å². The van der Waals surface area contributed by atoms with Gasteiger partial charge in [-0.25, -0.2) is 15.8 Å². The summed E-state index contributed by atoms with van der Waals surface area (Å²) in [5.41, 5.74) is 4.05. The van der Waals surface area contributed by atoms with E-state index in [9.17, 15) is 4.79 Å². The van der Waals surface area contributed by atoms with E-state index < -0.39 is 0 Å². The molecule has 0 saturated heterocycles. The van der Waals surface area contributed by atoms with Gasteiger partial charge in [-0.2, -0.15) is 0 Å². The number of hydrogen-bond donors (Lipinski definition) is 3. The molecule has 24 heavy (non-hydrogen) atoms. The molecule has 0 radical (unpaired) electrons. The molecule has 0 spiro atoms. The molecule has 0 bridgehead atoms. The van der Waals surface area contributed by atoms with Gasteiger partial charge in [0.2, 0.25) is 0 Å². The van der Waals surface area contributed by atoms with Crippen molar-refractivity contribution in [1.82, 2.24) is 9.97 Å². The van der Waals surface area contributed by atoms with Crippen molar-refractivity contribution >= 4 is 39.1 Å². The average Bonchev–Trinajstić information content (AvgIpc) is 2.89. The Morgan fingerprint density at radius 3 is 2.79 bits per heavy atom. The van der Waals surface area contributed by atoms with Crippen LogP contribution in [0.4, 0.5) is 10.9 Å². The molecule has 0 aliphatic heterocycles. The molecule has 0 unspecified atom stereocenters. The van der Waals surface area contributed by atoms with E-state index in [1.54, 1.807) is 12.1 Å². The summed E-state index contributed by atoms with van der Waals surface area (Å²) in [7, 11) is 0. The lowest BCUT2D eigenvalue weighted by Crippen LogP contribution is -2.20. The van der Waals surface area contributed by atoms with Gasteiger partial charge in [0.15, 0.2) is 11.7 Å². The number of amides is 1. The van der Waals surface area contributed by atoms with Crippen LogP contribution in [0, 0.1) is 13.8 Å². The Kier molecular flexibility index (Phi) is 4.59.